The Bertz CT molecular complexity index is 385. The summed E-state index contributed by atoms with van der Waals surface area (Å²) in [5.41, 5.74) is -1.33. The SMILES string of the molecule is CC(=O)C(C)OC(=O)C1(C(=O)OC(C)C(C)=O)CC1. The molecule has 1 aliphatic rings. The summed E-state index contributed by atoms with van der Waals surface area (Å²) >= 11 is 0. The zero-order valence-electron chi connectivity index (χ0n) is 11.5. The topological polar surface area (TPSA) is 86.7 Å². The number of carbonyl (C=O) groups is 4. The maximum Gasteiger partial charge on any atom is 0.324 e. The molecule has 19 heavy (non-hydrogen) atoms. The Hall–Kier alpha value is -1.72. The van der Waals surface area contributed by atoms with Gasteiger partial charge in [-0.05, 0) is 40.5 Å². The second-order valence-electron chi connectivity index (χ2n) is 4.90. The number of Topliss-reactive ketones (excluding diaryl/α,β-unsaturated/α-hetero) is 2. The van der Waals surface area contributed by atoms with Crippen LogP contribution in [0.1, 0.15) is 40.5 Å². The summed E-state index contributed by atoms with van der Waals surface area (Å²) < 4.78 is 9.86. The quantitative estimate of drug-likeness (QED) is 0.524. The Labute approximate surface area is 111 Å². The van der Waals surface area contributed by atoms with Gasteiger partial charge in [-0.1, -0.05) is 0 Å². The molecule has 0 aromatic heterocycles. The minimum absolute atomic E-state index is 0.297. The van der Waals surface area contributed by atoms with Crippen molar-refractivity contribution in [1.82, 2.24) is 0 Å². The van der Waals surface area contributed by atoms with Gasteiger partial charge in [0, 0.05) is 0 Å². The van der Waals surface area contributed by atoms with Crippen LogP contribution >= 0.6 is 0 Å². The number of ether oxygens (including phenoxy) is 2. The van der Waals surface area contributed by atoms with E-state index in [1.165, 1.54) is 27.7 Å². The summed E-state index contributed by atoms with van der Waals surface area (Å²) in [5.74, 6) is -2.10. The van der Waals surface area contributed by atoms with Crippen LogP contribution < -0.4 is 0 Å². The first kappa shape index (κ1) is 15.3. The second kappa shape index (κ2) is 5.50. The van der Waals surface area contributed by atoms with Crippen molar-refractivity contribution in [2.45, 2.75) is 52.7 Å². The molecule has 1 fully saturated rings. The van der Waals surface area contributed by atoms with Gasteiger partial charge in [-0.25, -0.2) is 0 Å². The first-order valence-corrected chi connectivity index (χ1v) is 6.14. The normalized spacial score (nSPS) is 18.9. The Morgan fingerprint density at radius 1 is 0.842 bits per heavy atom. The van der Waals surface area contributed by atoms with Gasteiger partial charge in [0.05, 0.1) is 0 Å². The zero-order chi connectivity index (χ0) is 14.8. The number of esters is 2. The van der Waals surface area contributed by atoms with E-state index in [4.69, 9.17) is 9.47 Å². The molecular formula is C13H18O6. The predicted molar refractivity (Wildman–Crippen MR) is 64.1 cm³/mol. The number of carbonyl (C=O) groups excluding carboxylic acids is 4. The molecule has 0 aromatic carbocycles. The molecule has 0 bridgehead atoms. The van der Waals surface area contributed by atoms with Gasteiger partial charge in [0.25, 0.3) is 0 Å². The van der Waals surface area contributed by atoms with Gasteiger partial charge in [-0.15, -0.1) is 0 Å². The summed E-state index contributed by atoms with van der Waals surface area (Å²) in [5, 5.41) is 0. The van der Waals surface area contributed by atoms with Crippen LogP contribution in [-0.2, 0) is 28.7 Å². The van der Waals surface area contributed by atoms with Crippen molar-refractivity contribution in [3.05, 3.63) is 0 Å². The third kappa shape index (κ3) is 3.39. The van der Waals surface area contributed by atoms with Gasteiger partial charge in [0.2, 0.25) is 0 Å². The number of hydrogen-bond acceptors (Lipinski definition) is 6. The number of rotatable bonds is 6. The molecule has 0 heterocycles. The van der Waals surface area contributed by atoms with E-state index in [1.807, 2.05) is 0 Å². The Morgan fingerprint density at radius 2 is 1.16 bits per heavy atom. The van der Waals surface area contributed by atoms with Crippen LogP contribution in [0.2, 0.25) is 0 Å². The van der Waals surface area contributed by atoms with E-state index in [1.54, 1.807) is 0 Å². The summed E-state index contributed by atoms with van der Waals surface area (Å²) in [7, 11) is 0. The molecule has 1 aliphatic carbocycles. The molecule has 0 saturated heterocycles. The molecule has 0 N–H and O–H groups in total. The Kier molecular flexibility index (Phi) is 4.44. The van der Waals surface area contributed by atoms with E-state index in [0.29, 0.717) is 12.8 Å². The van der Waals surface area contributed by atoms with Crippen molar-refractivity contribution >= 4 is 23.5 Å². The van der Waals surface area contributed by atoms with Crippen LogP contribution in [0.25, 0.3) is 0 Å². The van der Waals surface area contributed by atoms with Gasteiger partial charge in [-0.2, -0.15) is 0 Å². The molecule has 6 heteroatoms. The van der Waals surface area contributed by atoms with Gasteiger partial charge in [0.15, 0.2) is 29.2 Å². The van der Waals surface area contributed by atoms with Gasteiger partial charge < -0.3 is 9.47 Å². The summed E-state index contributed by atoms with van der Waals surface area (Å²) in [6.07, 6.45) is -1.13. The van der Waals surface area contributed by atoms with Gasteiger partial charge in [0.1, 0.15) is 0 Å². The molecule has 2 atom stereocenters. The van der Waals surface area contributed by atoms with Gasteiger partial charge in [-0.3, -0.25) is 19.2 Å². The summed E-state index contributed by atoms with van der Waals surface area (Å²) in [6.45, 7) is 5.49. The molecule has 0 aromatic rings. The monoisotopic (exact) mass is 270 g/mol. The highest BCUT2D eigenvalue weighted by Gasteiger charge is 2.60. The van der Waals surface area contributed by atoms with E-state index in [-0.39, 0.29) is 11.6 Å². The molecular weight excluding hydrogens is 252 g/mol. The smallest absolute Gasteiger partial charge is 0.324 e. The van der Waals surface area contributed by atoms with Crippen molar-refractivity contribution in [2.75, 3.05) is 0 Å². The summed E-state index contributed by atoms with van der Waals surface area (Å²) in [4.78, 5) is 45.8. The lowest BCUT2D eigenvalue weighted by molar-refractivity contribution is -0.172. The van der Waals surface area contributed by atoms with Crippen LogP contribution in [0, 0.1) is 5.41 Å². The third-order valence-electron chi connectivity index (χ3n) is 3.24. The molecule has 0 aliphatic heterocycles. The molecule has 2 unspecified atom stereocenters. The van der Waals surface area contributed by atoms with Crippen LogP contribution in [0.4, 0.5) is 0 Å². The van der Waals surface area contributed by atoms with Gasteiger partial charge >= 0.3 is 11.9 Å². The third-order valence-corrected chi connectivity index (χ3v) is 3.24. The fourth-order valence-electron chi connectivity index (χ4n) is 1.33. The van der Waals surface area contributed by atoms with E-state index in [0.717, 1.165) is 0 Å². The minimum atomic E-state index is -1.33. The lowest BCUT2D eigenvalue weighted by atomic mass is 10.1. The van der Waals surface area contributed by atoms with E-state index < -0.39 is 29.6 Å². The zero-order valence-corrected chi connectivity index (χ0v) is 11.5. The Morgan fingerprint density at radius 3 is 1.37 bits per heavy atom. The molecule has 1 saturated carbocycles. The molecule has 0 spiro atoms. The maximum atomic E-state index is 11.9. The van der Waals surface area contributed by atoms with Crippen molar-refractivity contribution in [3.63, 3.8) is 0 Å². The average molecular weight is 270 g/mol. The van der Waals surface area contributed by atoms with Crippen molar-refractivity contribution < 1.29 is 28.7 Å². The highest BCUT2D eigenvalue weighted by Crippen LogP contribution is 2.48. The number of ketones is 2. The van der Waals surface area contributed by atoms with Crippen molar-refractivity contribution in [3.8, 4) is 0 Å². The second-order valence-corrected chi connectivity index (χ2v) is 4.90. The highest BCUT2D eigenvalue weighted by molar-refractivity contribution is 6.04. The molecule has 106 valence electrons. The fourth-order valence-corrected chi connectivity index (χ4v) is 1.33. The van der Waals surface area contributed by atoms with E-state index in [2.05, 4.69) is 0 Å². The molecule has 0 amide bonds. The summed E-state index contributed by atoms with van der Waals surface area (Å²) in [6, 6.07) is 0. The predicted octanol–water partition coefficient (Wildman–Crippen LogP) is 0.808. The first-order valence-electron chi connectivity index (χ1n) is 6.14. The lowest BCUT2D eigenvalue weighted by Gasteiger charge is -2.18. The minimum Gasteiger partial charge on any atom is -0.454 e. The van der Waals surface area contributed by atoms with Crippen LogP contribution in [0.3, 0.4) is 0 Å². The first-order chi connectivity index (χ1) is 8.70. The van der Waals surface area contributed by atoms with Crippen LogP contribution in [-0.4, -0.2) is 35.7 Å². The Balaban J connectivity index is 2.66. The molecule has 1 rings (SSSR count). The van der Waals surface area contributed by atoms with E-state index in [9.17, 15) is 19.2 Å². The van der Waals surface area contributed by atoms with Crippen LogP contribution in [0.5, 0.6) is 0 Å². The van der Waals surface area contributed by atoms with Crippen LogP contribution in [0.15, 0.2) is 0 Å². The fraction of sp³-hybridized carbons (Fsp3) is 0.692. The maximum absolute atomic E-state index is 11.9. The highest BCUT2D eigenvalue weighted by atomic mass is 16.6. The van der Waals surface area contributed by atoms with Crippen molar-refractivity contribution in [1.29, 1.82) is 0 Å². The molecule has 6 nitrogen and oxygen atoms in total. The molecule has 0 radical (unpaired) electrons. The standard InChI is InChI=1S/C13H18O6/c1-7(14)9(3)18-11(16)13(5-6-13)12(17)19-10(4)8(2)15/h9-10H,5-6H2,1-4H3. The number of hydrogen-bond donors (Lipinski definition) is 0. The van der Waals surface area contributed by atoms with E-state index >= 15 is 0 Å². The lowest BCUT2D eigenvalue weighted by Crippen LogP contribution is -2.36. The average Bonchev–Trinajstić information content (AvgIpc) is 3.09. The van der Waals surface area contributed by atoms with Crippen molar-refractivity contribution in [2.24, 2.45) is 5.41 Å². The largest absolute Gasteiger partial charge is 0.454 e.